The first-order chi connectivity index (χ1) is 11.1. The van der Waals surface area contributed by atoms with Gasteiger partial charge in [0.05, 0.1) is 0 Å². The Hall–Kier alpha value is -2.56. The van der Waals surface area contributed by atoms with E-state index in [1.54, 1.807) is 29.9 Å². The molecule has 5 nitrogen and oxygen atoms in total. The summed E-state index contributed by atoms with van der Waals surface area (Å²) in [5.41, 5.74) is 3.40. The zero-order valence-corrected chi connectivity index (χ0v) is 13.8. The highest BCUT2D eigenvalue weighted by atomic mass is 16.5. The molecule has 1 amide bonds. The SMILES string of the molecule is CCc1cccc(CC)c1NC(=O)COC(=O)c1cccn1C. The first-order valence-electron chi connectivity index (χ1n) is 7.75. The molecule has 0 saturated carbocycles. The van der Waals surface area contributed by atoms with E-state index in [2.05, 4.69) is 5.32 Å². The zero-order chi connectivity index (χ0) is 16.8. The molecule has 0 saturated heterocycles. The Balaban J connectivity index is 2.00. The van der Waals surface area contributed by atoms with Crippen molar-refractivity contribution >= 4 is 17.6 Å². The number of esters is 1. The van der Waals surface area contributed by atoms with Gasteiger partial charge in [0.2, 0.25) is 0 Å². The summed E-state index contributed by atoms with van der Waals surface area (Å²) in [6, 6.07) is 9.38. The van der Waals surface area contributed by atoms with Crippen LogP contribution in [-0.4, -0.2) is 23.1 Å². The van der Waals surface area contributed by atoms with Crippen LogP contribution in [0.5, 0.6) is 0 Å². The number of anilines is 1. The molecule has 23 heavy (non-hydrogen) atoms. The van der Waals surface area contributed by atoms with E-state index in [0.29, 0.717) is 5.69 Å². The molecule has 5 heteroatoms. The fraction of sp³-hybridized carbons (Fsp3) is 0.333. The maximum absolute atomic E-state index is 12.1. The van der Waals surface area contributed by atoms with Crippen molar-refractivity contribution in [3.63, 3.8) is 0 Å². The van der Waals surface area contributed by atoms with Crippen LogP contribution in [0.15, 0.2) is 36.5 Å². The standard InChI is InChI=1S/C18H22N2O3/c1-4-13-8-6-9-14(5-2)17(13)19-16(21)12-23-18(22)15-10-7-11-20(15)3/h6-11H,4-5,12H2,1-3H3,(H,19,21). The average Bonchev–Trinajstić information content (AvgIpc) is 2.99. The van der Waals surface area contributed by atoms with Gasteiger partial charge in [0.1, 0.15) is 5.69 Å². The summed E-state index contributed by atoms with van der Waals surface area (Å²) in [4.78, 5) is 24.0. The van der Waals surface area contributed by atoms with Crippen molar-refractivity contribution in [2.75, 3.05) is 11.9 Å². The number of benzene rings is 1. The molecule has 0 fully saturated rings. The molecule has 1 heterocycles. The molecular weight excluding hydrogens is 292 g/mol. The third-order valence-electron chi connectivity index (χ3n) is 3.75. The number of hydrogen-bond acceptors (Lipinski definition) is 3. The maximum atomic E-state index is 12.1. The number of carbonyl (C=O) groups is 2. The van der Waals surface area contributed by atoms with Crippen molar-refractivity contribution in [1.29, 1.82) is 0 Å². The lowest BCUT2D eigenvalue weighted by molar-refractivity contribution is -0.119. The van der Waals surface area contributed by atoms with Gasteiger partial charge in [0.25, 0.3) is 5.91 Å². The lowest BCUT2D eigenvalue weighted by Crippen LogP contribution is -2.23. The second-order valence-corrected chi connectivity index (χ2v) is 5.29. The van der Waals surface area contributed by atoms with Crippen molar-refractivity contribution in [2.45, 2.75) is 26.7 Å². The number of aryl methyl sites for hydroxylation is 3. The highest BCUT2D eigenvalue weighted by Crippen LogP contribution is 2.22. The van der Waals surface area contributed by atoms with Crippen LogP contribution in [0.2, 0.25) is 0 Å². The number of para-hydroxylation sites is 1. The Morgan fingerprint density at radius 1 is 1.09 bits per heavy atom. The minimum atomic E-state index is -0.507. The van der Waals surface area contributed by atoms with Gasteiger partial charge in [-0.15, -0.1) is 0 Å². The molecule has 2 aromatic rings. The largest absolute Gasteiger partial charge is 0.451 e. The number of carbonyl (C=O) groups excluding carboxylic acids is 2. The Morgan fingerprint density at radius 2 is 1.74 bits per heavy atom. The summed E-state index contributed by atoms with van der Waals surface area (Å²) in [6.45, 7) is 3.78. The summed E-state index contributed by atoms with van der Waals surface area (Å²) >= 11 is 0. The number of hydrogen-bond donors (Lipinski definition) is 1. The summed E-state index contributed by atoms with van der Waals surface area (Å²) in [5, 5.41) is 2.87. The fourth-order valence-electron chi connectivity index (χ4n) is 2.46. The monoisotopic (exact) mass is 314 g/mol. The quantitative estimate of drug-likeness (QED) is 0.834. The van der Waals surface area contributed by atoms with Crippen molar-refractivity contribution in [3.05, 3.63) is 53.3 Å². The molecule has 0 unspecified atom stereocenters. The lowest BCUT2D eigenvalue weighted by atomic mass is 10.0. The van der Waals surface area contributed by atoms with Crippen molar-refractivity contribution in [2.24, 2.45) is 7.05 Å². The van der Waals surface area contributed by atoms with Crippen LogP contribution >= 0.6 is 0 Å². The molecule has 0 radical (unpaired) electrons. The third-order valence-corrected chi connectivity index (χ3v) is 3.75. The topological polar surface area (TPSA) is 60.3 Å². The molecule has 0 aliphatic rings. The summed E-state index contributed by atoms with van der Waals surface area (Å²) in [5.74, 6) is -0.838. The van der Waals surface area contributed by atoms with Gasteiger partial charge in [-0.05, 0) is 36.1 Å². The van der Waals surface area contributed by atoms with Gasteiger partial charge in [-0.25, -0.2) is 4.79 Å². The van der Waals surface area contributed by atoms with E-state index in [4.69, 9.17) is 4.74 Å². The molecule has 0 aliphatic heterocycles. The van der Waals surface area contributed by atoms with Crippen molar-refractivity contribution in [3.8, 4) is 0 Å². The minimum Gasteiger partial charge on any atom is -0.451 e. The van der Waals surface area contributed by atoms with E-state index >= 15 is 0 Å². The molecule has 1 aromatic carbocycles. The number of aromatic nitrogens is 1. The highest BCUT2D eigenvalue weighted by molar-refractivity contribution is 5.96. The summed E-state index contributed by atoms with van der Waals surface area (Å²) < 4.78 is 6.73. The Labute approximate surface area is 136 Å². The number of rotatable bonds is 6. The summed E-state index contributed by atoms with van der Waals surface area (Å²) in [7, 11) is 1.75. The molecule has 0 aliphatic carbocycles. The van der Waals surface area contributed by atoms with Crippen LogP contribution in [0.1, 0.15) is 35.5 Å². The van der Waals surface area contributed by atoms with Gasteiger partial charge in [-0.1, -0.05) is 32.0 Å². The van der Waals surface area contributed by atoms with Gasteiger partial charge in [-0.2, -0.15) is 0 Å². The van der Waals surface area contributed by atoms with Crippen LogP contribution in [0, 0.1) is 0 Å². The molecule has 1 aromatic heterocycles. The van der Waals surface area contributed by atoms with E-state index in [1.807, 2.05) is 32.0 Å². The average molecular weight is 314 g/mol. The van der Waals surface area contributed by atoms with Crippen molar-refractivity contribution in [1.82, 2.24) is 4.57 Å². The van der Waals surface area contributed by atoms with Gasteiger partial charge >= 0.3 is 5.97 Å². The molecular formula is C18H22N2O3. The summed E-state index contributed by atoms with van der Waals surface area (Å²) in [6.07, 6.45) is 3.40. The van der Waals surface area contributed by atoms with E-state index in [9.17, 15) is 9.59 Å². The molecule has 0 spiro atoms. The smallest absolute Gasteiger partial charge is 0.355 e. The van der Waals surface area contributed by atoms with Crippen LogP contribution in [0.4, 0.5) is 5.69 Å². The Kier molecular flexibility index (Phi) is 5.57. The predicted octanol–water partition coefficient (Wildman–Crippen LogP) is 2.95. The second-order valence-electron chi connectivity index (χ2n) is 5.29. The lowest BCUT2D eigenvalue weighted by Gasteiger charge is -2.14. The van der Waals surface area contributed by atoms with Gasteiger partial charge in [-0.3, -0.25) is 4.79 Å². The van der Waals surface area contributed by atoms with E-state index in [-0.39, 0.29) is 12.5 Å². The van der Waals surface area contributed by atoms with Crippen LogP contribution in [0.3, 0.4) is 0 Å². The van der Waals surface area contributed by atoms with Gasteiger partial charge in [0.15, 0.2) is 6.61 Å². The number of nitrogens with zero attached hydrogens (tertiary/aromatic N) is 1. The minimum absolute atomic E-state index is 0.300. The molecule has 1 N–H and O–H groups in total. The molecule has 0 atom stereocenters. The van der Waals surface area contributed by atoms with E-state index < -0.39 is 5.97 Å². The predicted molar refractivity (Wildman–Crippen MR) is 89.5 cm³/mol. The third kappa shape index (κ3) is 4.00. The first-order valence-corrected chi connectivity index (χ1v) is 7.75. The number of ether oxygens (including phenoxy) is 1. The second kappa shape index (κ2) is 7.63. The van der Waals surface area contributed by atoms with Crippen LogP contribution in [0.25, 0.3) is 0 Å². The van der Waals surface area contributed by atoms with Crippen LogP contribution < -0.4 is 5.32 Å². The van der Waals surface area contributed by atoms with Gasteiger partial charge in [0, 0.05) is 18.9 Å². The number of nitrogens with one attached hydrogen (secondary N) is 1. The first kappa shape index (κ1) is 16.8. The van der Waals surface area contributed by atoms with E-state index in [0.717, 1.165) is 29.7 Å². The molecule has 0 bridgehead atoms. The zero-order valence-electron chi connectivity index (χ0n) is 13.8. The molecule has 2 rings (SSSR count). The van der Waals surface area contributed by atoms with Crippen molar-refractivity contribution < 1.29 is 14.3 Å². The Bertz CT molecular complexity index is 682. The fourth-order valence-corrected chi connectivity index (χ4v) is 2.46. The normalized spacial score (nSPS) is 10.4. The maximum Gasteiger partial charge on any atom is 0.355 e. The number of amides is 1. The molecule has 122 valence electrons. The van der Waals surface area contributed by atoms with Gasteiger partial charge < -0.3 is 14.6 Å². The van der Waals surface area contributed by atoms with Crippen LogP contribution in [-0.2, 0) is 29.4 Å². The Morgan fingerprint density at radius 3 is 2.26 bits per heavy atom. The van der Waals surface area contributed by atoms with E-state index in [1.165, 1.54) is 0 Å². The highest BCUT2D eigenvalue weighted by Gasteiger charge is 2.14.